The molecule has 0 fully saturated rings. The Kier molecular flexibility index (Phi) is 7.82. The number of halogens is 3. The highest BCUT2D eigenvalue weighted by Crippen LogP contribution is 2.42. The lowest BCUT2D eigenvalue weighted by atomic mass is 9.93. The fourth-order valence-electron chi connectivity index (χ4n) is 3.90. The van der Waals surface area contributed by atoms with Crippen molar-refractivity contribution >= 4 is 35.0 Å². The molecule has 0 aliphatic rings. The van der Waals surface area contributed by atoms with Gasteiger partial charge in [-0.25, -0.2) is 9.59 Å². The number of hydrogen-bond acceptors (Lipinski definition) is 6. The molecule has 1 amide bonds. The van der Waals surface area contributed by atoms with Crippen molar-refractivity contribution in [1.82, 2.24) is 0 Å². The molecule has 5 N–H and O–H groups in total. The van der Waals surface area contributed by atoms with Gasteiger partial charge in [-0.3, -0.25) is 9.59 Å². The second kappa shape index (κ2) is 10.6. The van der Waals surface area contributed by atoms with Gasteiger partial charge in [0.05, 0.1) is 16.7 Å². The molecule has 0 bridgehead atoms. The zero-order chi connectivity index (χ0) is 29.3. The van der Waals surface area contributed by atoms with Crippen molar-refractivity contribution in [3.05, 3.63) is 82.4 Å². The number of aromatic carboxylic acids is 2. The molecule has 0 aromatic heterocycles. The van der Waals surface area contributed by atoms with E-state index in [0.717, 1.165) is 24.3 Å². The average Bonchev–Trinajstić information content (AvgIpc) is 2.86. The number of rotatable bonds is 8. The van der Waals surface area contributed by atoms with Crippen molar-refractivity contribution in [1.29, 1.82) is 0 Å². The summed E-state index contributed by atoms with van der Waals surface area (Å²) in [7, 11) is 1.33. The maximum absolute atomic E-state index is 13.3. The first-order valence-electron chi connectivity index (χ1n) is 11.3. The third kappa shape index (κ3) is 5.75. The van der Waals surface area contributed by atoms with Crippen LogP contribution in [0.2, 0.25) is 0 Å². The Morgan fingerprint density at radius 1 is 0.769 bits per heavy atom. The van der Waals surface area contributed by atoms with E-state index in [-0.39, 0.29) is 33.6 Å². The maximum Gasteiger partial charge on any atom is 0.421 e. The molecule has 3 aromatic carbocycles. The van der Waals surface area contributed by atoms with Crippen molar-refractivity contribution in [2.24, 2.45) is 0 Å². The highest BCUT2D eigenvalue weighted by atomic mass is 19.4. The smallest absolute Gasteiger partial charge is 0.421 e. The molecule has 204 valence electrons. The zero-order valence-electron chi connectivity index (χ0n) is 20.8. The van der Waals surface area contributed by atoms with E-state index in [1.165, 1.54) is 44.3 Å². The Hall–Kier alpha value is -4.71. The van der Waals surface area contributed by atoms with Crippen LogP contribution in [0.1, 0.15) is 60.8 Å². The number of Topliss-reactive ketones (excluding diaryl/α,β-unsaturated/α-hetero) is 1. The summed E-state index contributed by atoms with van der Waals surface area (Å²) in [6.45, 7) is 1.78. The fraction of sp³-hybridized carbons (Fsp3) is 0.185. The molecule has 1 atom stereocenters. The highest BCUT2D eigenvalue weighted by Gasteiger charge is 2.52. The van der Waals surface area contributed by atoms with Crippen LogP contribution in [0, 0.1) is 0 Å². The number of hydrogen-bond donors (Lipinski definition) is 5. The van der Waals surface area contributed by atoms with Crippen molar-refractivity contribution in [2.75, 3.05) is 17.7 Å². The number of benzene rings is 3. The van der Waals surface area contributed by atoms with Gasteiger partial charge in [0.25, 0.3) is 5.91 Å². The second-order valence-corrected chi connectivity index (χ2v) is 8.72. The highest BCUT2D eigenvalue weighted by molar-refractivity contribution is 6.12. The number of amides is 1. The van der Waals surface area contributed by atoms with Gasteiger partial charge in [-0.15, -0.1) is 0 Å². The van der Waals surface area contributed by atoms with Gasteiger partial charge in [0.1, 0.15) is 0 Å². The van der Waals surface area contributed by atoms with Crippen molar-refractivity contribution in [3.63, 3.8) is 0 Å². The Balaban J connectivity index is 2.04. The molecule has 39 heavy (non-hydrogen) atoms. The summed E-state index contributed by atoms with van der Waals surface area (Å²) < 4.78 is 40.0. The number of alkyl halides is 3. The van der Waals surface area contributed by atoms with Gasteiger partial charge in [-0.05, 0) is 61.4 Å². The molecule has 0 saturated carbocycles. The Labute approximate surface area is 219 Å². The molecule has 0 heterocycles. The van der Waals surface area contributed by atoms with Gasteiger partial charge >= 0.3 is 18.1 Å². The minimum atomic E-state index is -4.98. The van der Waals surface area contributed by atoms with Crippen LogP contribution < -0.4 is 10.6 Å². The first-order valence-corrected chi connectivity index (χ1v) is 11.3. The summed E-state index contributed by atoms with van der Waals surface area (Å²) in [6, 6.07) is 11.0. The number of nitrogens with one attached hydrogen (secondary N) is 2. The number of aliphatic hydroxyl groups is 1. The molecule has 0 saturated heterocycles. The fourth-order valence-corrected chi connectivity index (χ4v) is 3.90. The molecule has 3 rings (SSSR count). The van der Waals surface area contributed by atoms with E-state index in [1.54, 1.807) is 0 Å². The Morgan fingerprint density at radius 3 is 1.74 bits per heavy atom. The third-order valence-electron chi connectivity index (χ3n) is 6.08. The van der Waals surface area contributed by atoms with Gasteiger partial charge in [0.2, 0.25) is 0 Å². The van der Waals surface area contributed by atoms with Crippen LogP contribution in [0.5, 0.6) is 0 Å². The van der Waals surface area contributed by atoms with Crippen molar-refractivity contribution in [2.45, 2.75) is 25.6 Å². The SMILES string of the molecule is CNc1cc(NC(=O)c2cc(-c3ccc(C(=O)O)c(C(C)=O)c3)ccc2C(=O)O)ccc1C(C)(O)C(F)(F)F. The van der Waals surface area contributed by atoms with Crippen LogP contribution in [-0.2, 0) is 5.60 Å². The van der Waals surface area contributed by atoms with E-state index >= 15 is 0 Å². The number of carbonyl (C=O) groups excluding carboxylic acids is 2. The van der Waals surface area contributed by atoms with Gasteiger partial charge in [-0.2, -0.15) is 13.2 Å². The number of carbonyl (C=O) groups is 4. The van der Waals surface area contributed by atoms with E-state index in [2.05, 4.69) is 10.6 Å². The lowest BCUT2D eigenvalue weighted by Gasteiger charge is -2.29. The molecule has 0 aliphatic carbocycles. The molecular formula is C27H23F3N2O7. The van der Waals surface area contributed by atoms with Crippen molar-refractivity contribution in [3.8, 4) is 11.1 Å². The topological polar surface area (TPSA) is 153 Å². The van der Waals surface area contributed by atoms with E-state index in [9.17, 15) is 47.7 Å². The number of ketones is 1. The van der Waals surface area contributed by atoms with Crippen LogP contribution in [0.25, 0.3) is 11.1 Å². The van der Waals surface area contributed by atoms with Crippen LogP contribution in [0.15, 0.2) is 54.6 Å². The number of anilines is 2. The zero-order valence-corrected chi connectivity index (χ0v) is 20.8. The van der Waals surface area contributed by atoms with Crippen LogP contribution in [0.3, 0.4) is 0 Å². The van der Waals surface area contributed by atoms with Crippen LogP contribution in [-0.4, -0.2) is 52.2 Å². The predicted molar refractivity (Wildman–Crippen MR) is 135 cm³/mol. The lowest BCUT2D eigenvalue weighted by Crippen LogP contribution is -2.39. The first kappa shape index (κ1) is 28.9. The molecule has 9 nitrogen and oxygen atoms in total. The summed E-state index contributed by atoms with van der Waals surface area (Å²) in [4.78, 5) is 48.3. The van der Waals surface area contributed by atoms with E-state index < -0.39 is 41.0 Å². The van der Waals surface area contributed by atoms with E-state index in [1.807, 2.05) is 0 Å². The van der Waals surface area contributed by atoms with E-state index in [0.29, 0.717) is 18.1 Å². The summed E-state index contributed by atoms with van der Waals surface area (Å²) in [6.07, 6.45) is -4.98. The minimum Gasteiger partial charge on any atom is -0.478 e. The largest absolute Gasteiger partial charge is 0.478 e. The van der Waals surface area contributed by atoms with Crippen molar-refractivity contribution < 1.29 is 47.7 Å². The van der Waals surface area contributed by atoms with Crippen LogP contribution in [0.4, 0.5) is 24.5 Å². The third-order valence-corrected chi connectivity index (χ3v) is 6.08. The summed E-state index contributed by atoms with van der Waals surface area (Å²) in [5, 5.41) is 34.0. The maximum atomic E-state index is 13.3. The van der Waals surface area contributed by atoms with Gasteiger partial charge in [-0.1, -0.05) is 18.2 Å². The van der Waals surface area contributed by atoms with Gasteiger partial charge in [0.15, 0.2) is 11.4 Å². The molecule has 1 unspecified atom stereocenters. The van der Waals surface area contributed by atoms with Gasteiger partial charge < -0.3 is 26.0 Å². The van der Waals surface area contributed by atoms with E-state index in [4.69, 9.17) is 0 Å². The number of carboxylic acids is 2. The summed E-state index contributed by atoms with van der Waals surface area (Å²) >= 11 is 0. The minimum absolute atomic E-state index is 0.0116. The Bertz CT molecular complexity index is 1500. The molecule has 3 aromatic rings. The quantitative estimate of drug-likeness (QED) is 0.248. The van der Waals surface area contributed by atoms with Gasteiger partial charge in [0, 0.05) is 29.5 Å². The standard InChI is InChI=1S/C27H23F3N2O7/c1-13(33)19-10-14(4-7-17(19)24(35)36)15-5-8-18(25(37)38)20(11-15)23(34)32-16-6-9-21(22(12-16)31-3)26(2,39)27(28,29)30/h4-12,31,39H,1-3H3,(H,32,34)(H,35,36)(H,37,38). The molecule has 12 heteroatoms. The first-order chi connectivity index (χ1) is 18.1. The monoisotopic (exact) mass is 544 g/mol. The molecular weight excluding hydrogens is 521 g/mol. The average molecular weight is 544 g/mol. The predicted octanol–water partition coefficient (Wildman–Crippen LogP) is 5.02. The lowest BCUT2D eigenvalue weighted by molar-refractivity contribution is -0.258. The molecule has 0 spiro atoms. The van der Waals surface area contributed by atoms with Crippen LogP contribution >= 0.6 is 0 Å². The Morgan fingerprint density at radius 2 is 1.28 bits per heavy atom. The molecule has 0 radical (unpaired) electrons. The second-order valence-electron chi connectivity index (χ2n) is 8.72. The number of carboxylic acid groups (broad SMARTS) is 2. The summed E-state index contributed by atoms with van der Waals surface area (Å²) in [5.41, 5.74) is -4.13. The normalized spacial score (nSPS) is 12.8. The summed E-state index contributed by atoms with van der Waals surface area (Å²) in [5.74, 6) is -4.15. The molecule has 0 aliphatic heterocycles.